The minimum absolute atomic E-state index is 0.0693. The van der Waals surface area contributed by atoms with Crippen molar-refractivity contribution in [3.8, 4) is 0 Å². The lowest BCUT2D eigenvalue weighted by atomic mass is 9.79. The molecule has 22 heavy (non-hydrogen) atoms. The molecule has 0 aromatic heterocycles. The van der Waals surface area contributed by atoms with Gasteiger partial charge in [0.1, 0.15) is 0 Å². The normalized spacial score (nSPS) is 17.3. The number of primary amides is 1. The highest BCUT2D eigenvalue weighted by atomic mass is 16.2. The van der Waals surface area contributed by atoms with Crippen molar-refractivity contribution in [2.45, 2.75) is 65.2 Å². The van der Waals surface area contributed by atoms with Crippen LogP contribution < -0.4 is 11.2 Å². The Hall–Kier alpha value is -1.84. The number of nitrogens with one attached hydrogen (secondary N) is 1. The lowest BCUT2D eigenvalue weighted by Crippen LogP contribution is -2.26. The van der Waals surface area contributed by atoms with E-state index in [0.29, 0.717) is 0 Å². The third-order valence-electron chi connectivity index (χ3n) is 4.57. The van der Waals surface area contributed by atoms with Gasteiger partial charge in [-0.05, 0) is 53.4 Å². The number of carbonyl (C=O) groups excluding carboxylic acids is 1. The number of hydrogen-bond acceptors (Lipinski definition) is 2. The molecule has 1 aliphatic rings. The average Bonchev–Trinajstić information content (AvgIpc) is 2.70. The van der Waals surface area contributed by atoms with Crippen LogP contribution in [-0.4, -0.2) is 11.7 Å². The van der Waals surface area contributed by atoms with Crippen molar-refractivity contribution in [2.24, 2.45) is 10.8 Å². The molecule has 0 bridgehead atoms. The smallest absolute Gasteiger partial charge is 0.332 e. The third-order valence-corrected chi connectivity index (χ3v) is 4.57. The summed E-state index contributed by atoms with van der Waals surface area (Å²) >= 11 is 0. The molecule has 0 aliphatic heterocycles. The summed E-state index contributed by atoms with van der Waals surface area (Å²) in [5.74, 6) is 0. The van der Waals surface area contributed by atoms with E-state index in [2.05, 4.69) is 57.3 Å². The zero-order valence-electron chi connectivity index (χ0n) is 14.5. The van der Waals surface area contributed by atoms with Gasteiger partial charge in [-0.2, -0.15) is 5.10 Å². The fourth-order valence-corrected chi connectivity index (χ4v) is 3.07. The summed E-state index contributed by atoms with van der Waals surface area (Å²) in [4.78, 5) is 10.9. The molecule has 0 unspecified atom stereocenters. The molecular weight excluding hydrogens is 274 g/mol. The average molecular weight is 301 g/mol. The van der Waals surface area contributed by atoms with Crippen LogP contribution in [0.2, 0.25) is 0 Å². The molecule has 0 saturated carbocycles. The predicted molar refractivity (Wildman–Crippen MR) is 91.4 cm³/mol. The van der Waals surface area contributed by atoms with Crippen molar-refractivity contribution < 1.29 is 4.79 Å². The fraction of sp³-hybridized carbons (Fsp3) is 0.556. The van der Waals surface area contributed by atoms with Crippen LogP contribution in [-0.2, 0) is 17.3 Å². The zero-order valence-corrected chi connectivity index (χ0v) is 14.5. The summed E-state index contributed by atoms with van der Waals surface area (Å²) in [5.41, 5.74) is 13.7. The highest BCUT2D eigenvalue weighted by Gasteiger charge is 2.33. The summed E-state index contributed by atoms with van der Waals surface area (Å²) in [6.45, 7) is 13.2. The van der Waals surface area contributed by atoms with E-state index in [-0.39, 0.29) is 10.8 Å². The summed E-state index contributed by atoms with van der Waals surface area (Å²) in [5, 5.41) is 4.13. The second kappa shape index (κ2) is 5.41. The molecule has 120 valence electrons. The minimum Gasteiger partial charge on any atom is -0.350 e. The predicted octanol–water partition coefficient (Wildman–Crippen LogP) is 3.60. The number of benzene rings is 1. The minimum atomic E-state index is -0.636. The van der Waals surface area contributed by atoms with Gasteiger partial charge in [-0.15, -0.1) is 0 Å². The van der Waals surface area contributed by atoms with E-state index >= 15 is 0 Å². The molecule has 2 rings (SSSR count). The molecule has 0 heterocycles. The molecule has 0 spiro atoms. The Bertz CT molecular complexity index is 636. The number of nitrogens with two attached hydrogens (primary N) is 1. The Labute approximate surface area is 133 Å². The summed E-state index contributed by atoms with van der Waals surface area (Å²) in [7, 11) is 0. The van der Waals surface area contributed by atoms with Gasteiger partial charge in [0.15, 0.2) is 0 Å². The van der Waals surface area contributed by atoms with Crippen molar-refractivity contribution in [3.63, 3.8) is 0 Å². The molecule has 0 saturated heterocycles. The molecule has 1 aromatic carbocycles. The van der Waals surface area contributed by atoms with E-state index in [1.54, 1.807) is 0 Å². The van der Waals surface area contributed by atoms with E-state index in [9.17, 15) is 4.79 Å². The highest BCUT2D eigenvalue weighted by molar-refractivity contribution is 6.01. The first-order valence-corrected chi connectivity index (χ1v) is 7.80. The summed E-state index contributed by atoms with van der Waals surface area (Å²) < 4.78 is 0. The van der Waals surface area contributed by atoms with Crippen LogP contribution in [0.25, 0.3) is 0 Å². The lowest BCUT2D eigenvalue weighted by molar-refractivity contribution is 0.249. The van der Waals surface area contributed by atoms with Crippen LogP contribution >= 0.6 is 0 Å². The van der Waals surface area contributed by atoms with Gasteiger partial charge in [0, 0.05) is 5.56 Å². The van der Waals surface area contributed by atoms with Gasteiger partial charge in [-0.25, -0.2) is 10.2 Å². The van der Waals surface area contributed by atoms with E-state index in [1.807, 2.05) is 6.92 Å². The Morgan fingerprint density at radius 3 is 2.50 bits per heavy atom. The Morgan fingerprint density at radius 2 is 1.95 bits per heavy atom. The van der Waals surface area contributed by atoms with E-state index in [1.165, 1.54) is 16.7 Å². The maximum absolute atomic E-state index is 10.9. The number of hydrogen-bond donors (Lipinski definition) is 2. The standard InChI is InChI=1S/C18H27N3O/c1-11(20-21-16(19)22)14-9-12(17(2,3)4)10-15-13(14)7-8-18(15,5)6/h9-10H,7-8H2,1-6H3,(H3,19,21,22)/b20-11-. The Balaban J connectivity index is 2.61. The van der Waals surface area contributed by atoms with Crippen LogP contribution in [0.1, 0.15) is 70.2 Å². The molecule has 1 aromatic rings. The van der Waals surface area contributed by atoms with Gasteiger partial charge in [-0.1, -0.05) is 40.7 Å². The highest BCUT2D eigenvalue weighted by Crippen LogP contribution is 2.42. The van der Waals surface area contributed by atoms with E-state index in [0.717, 1.165) is 24.1 Å². The largest absolute Gasteiger partial charge is 0.350 e. The topological polar surface area (TPSA) is 67.5 Å². The van der Waals surface area contributed by atoms with Gasteiger partial charge in [-0.3, -0.25) is 0 Å². The van der Waals surface area contributed by atoms with Gasteiger partial charge in [0.2, 0.25) is 0 Å². The van der Waals surface area contributed by atoms with Crippen molar-refractivity contribution >= 4 is 11.7 Å². The SMILES string of the molecule is C/C(=N/NC(N)=O)c1cc(C(C)(C)C)cc2c1CCC2(C)C. The molecule has 0 atom stereocenters. The monoisotopic (exact) mass is 301 g/mol. The Morgan fingerprint density at radius 1 is 1.32 bits per heavy atom. The van der Waals surface area contributed by atoms with Gasteiger partial charge >= 0.3 is 6.03 Å². The maximum Gasteiger partial charge on any atom is 0.332 e. The molecule has 0 fully saturated rings. The lowest BCUT2D eigenvalue weighted by Gasteiger charge is -2.26. The van der Waals surface area contributed by atoms with Crippen LogP contribution in [0.3, 0.4) is 0 Å². The first-order valence-electron chi connectivity index (χ1n) is 7.80. The Kier molecular flexibility index (Phi) is 4.07. The van der Waals surface area contributed by atoms with Crippen LogP contribution in [0.4, 0.5) is 4.79 Å². The van der Waals surface area contributed by atoms with Gasteiger partial charge in [0.05, 0.1) is 5.71 Å². The van der Waals surface area contributed by atoms with Gasteiger partial charge in [0.25, 0.3) is 0 Å². The van der Waals surface area contributed by atoms with E-state index in [4.69, 9.17) is 5.73 Å². The van der Waals surface area contributed by atoms with Crippen molar-refractivity contribution in [2.75, 3.05) is 0 Å². The molecule has 3 N–H and O–H groups in total. The fourth-order valence-electron chi connectivity index (χ4n) is 3.07. The number of nitrogens with zero attached hydrogens (tertiary/aromatic N) is 1. The number of hydrazone groups is 1. The van der Waals surface area contributed by atoms with E-state index < -0.39 is 6.03 Å². The second-order valence-corrected chi connectivity index (χ2v) is 7.86. The van der Waals surface area contributed by atoms with Crippen LogP contribution in [0.15, 0.2) is 17.2 Å². The summed E-state index contributed by atoms with van der Waals surface area (Å²) in [6.07, 6.45) is 2.19. The number of amides is 2. The van der Waals surface area contributed by atoms with Crippen molar-refractivity contribution in [1.29, 1.82) is 0 Å². The van der Waals surface area contributed by atoms with Crippen molar-refractivity contribution in [1.82, 2.24) is 5.43 Å². The first-order chi connectivity index (χ1) is 10.0. The number of urea groups is 1. The molecule has 4 heteroatoms. The van der Waals surface area contributed by atoms with Gasteiger partial charge < -0.3 is 5.73 Å². The van der Waals surface area contributed by atoms with Crippen LogP contribution in [0.5, 0.6) is 0 Å². The first kappa shape index (κ1) is 16.5. The number of rotatable bonds is 2. The third kappa shape index (κ3) is 3.16. The molecule has 0 radical (unpaired) electrons. The molecule has 4 nitrogen and oxygen atoms in total. The quantitative estimate of drug-likeness (QED) is 0.636. The number of fused-ring (bicyclic) bond motifs is 1. The number of carbonyl (C=O) groups is 1. The second-order valence-electron chi connectivity index (χ2n) is 7.86. The zero-order chi connectivity index (χ0) is 16.7. The van der Waals surface area contributed by atoms with Crippen LogP contribution in [0, 0.1) is 0 Å². The summed E-state index contributed by atoms with van der Waals surface area (Å²) in [6, 6.07) is 3.92. The molecule has 1 aliphatic carbocycles. The maximum atomic E-state index is 10.9. The van der Waals surface area contributed by atoms with Crippen molar-refractivity contribution in [3.05, 3.63) is 34.4 Å². The molecular formula is C18H27N3O. The molecule has 2 amide bonds.